The molecule has 0 aromatic carbocycles. The zero-order valence-corrected chi connectivity index (χ0v) is 14.7. The number of amides is 1. The topological polar surface area (TPSA) is 69.9 Å². The van der Waals surface area contributed by atoms with E-state index in [-0.39, 0.29) is 11.2 Å². The van der Waals surface area contributed by atoms with E-state index in [4.69, 9.17) is 5.26 Å². The van der Waals surface area contributed by atoms with Gasteiger partial charge in [0.15, 0.2) is 0 Å². The Hall–Kier alpha value is -1.65. The molecule has 0 saturated carbocycles. The first-order valence-corrected chi connectivity index (χ1v) is 8.64. The number of aryl methyl sites for hydroxylation is 2. The molecule has 2 aromatic rings. The molecule has 0 fully saturated rings. The standard InChI is InChI=1S/C15H18N4OS2/c1-9-10(2)21-13-12(9)14(18-8-17-13)22-11(3)15(20)19(4)7-5-6-16/h8,11H,5,7H2,1-4H3/t11-/m1/s1. The Morgan fingerprint density at radius 2 is 2.23 bits per heavy atom. The Morgan fingerprint density at radius 1 is 1.50 bits per heavy atom. The van der Waals surface area contributed by atoms with Crippen LogP contribution in [0, 0.1) is 25.2 Å². The van der Waals surface area contributed by atoms with E-state index in [1.165, 1.54) is 22.2 Å². The van der Waals surface area contributed by atoms with Gasteiger partial charge < -0.3 is 4.90 Å². The average molecular weight is 334 g/mol. The maximum atomic E-state index is 12.3. The molecule has 0 aliphatic carbocycles. The van der Waals surface area contributed by atoms with Crippen LogP contribution in [0.25, 0.3) is 10.2 Å². The lowest BCUT2D eigenvalue weighted by atomic mass is 10.2. The number of carbonyl (C=O) groups is 1. The predicted octanol–water partition coefficient (Wildman–Crippen LogP) is 3.16. The summed E-state index contributed by atoms with van der Waals surface area (Å²) in [5.74, 6) is 0.0108. The second-order valence-corrected chi connectivity index (χ2v) is 7.60. The second kappa shape index (κ2) is 7.07. The number of fused-ring (bicyclic) bond motifs is 1. The summed E-state index contributed by atoms with van der Waals surface area (Å²) in [6.07, 6.45) is 1.90. The number of thiophene rings is 1. The summed E-state index contributed by atoms with van der Waals surface area (Å²) in [6, 6.07) is 2.06. The molecule has 7 heteroatoms. The van der Waals surface area contributed by atoms with Crippen LogP contribution in [0.15, 0.2) is 11.4 Å². The molecular weight excluding hydrogens is 316 g/mol. The summed E-state index contributed by atoms with van der Waals surface area (Å²) in [5, 5.41) is 10.3. The van der Waals surface area contributed by atoms with E-state index in [9.17, 15) is 4.79 Å². The van der Waals surface area contributed by atoms with E-state index >= 15 is 0 Å². The summed E-state index contributed by atoms with van der Waals surface area (Å²) in [5.41, 5.74) is 1.18. The number of hydrogen-bond acceptors (Lipinski definition) is 6. The van der Waals surface area contributed by atoms with Crippen LogP contribution in [0.5, 0.6) is 0 Å². The minimum Gasteiger partial charge on any atom is -0.344 e. The van der Waals surface area contributed by atoms with Crippen molar-refractivity contribution in [1.29, 1.82) is 5.26 Å². The van der Waals surface area contributed by atoms with Gasteiger partial charge in [0.05, 0.1) is 17.7 Å². The first-order chi connectivity index (χ1) is 10.5. The highest BCUT2D eigenvalue weighted by molar-refractivity contribution is 8.00. The van der Waals surface area contributed by atoms with Crippen molar-refractivity contribution >= 4 is 39.2 Å². The molecule has 2 aromatic heterocycles. The molecular formula is C15H18N4OS2. The monoisotopic (exact) mass is 334 g/mol. The van der Waals surface area contributed by atoms with Gasteiger partial charge in [-0.25, -0.2) is 9.97 Å². The predicted molar refractivity (Wildman–Crippen MR) is 90.1 cm³/mol. The number of hydrogen-bond donors (Lipinski definition) is 0. The number of nitriles is 1. The van der Waals surface area contributed by atoms with E-state index in [1.807, 2.05) is 6.92 Å². The number of thioether (sulfide) groups is 1. The Morgan fingerprint density at radius 3 is 2.91 bits per heavy atom. The smallest absolute Gasteiger partial charge is 0.235 e. The SMILES string of the molecule is Cc1sc2ncnc(S[C@H](C)C(=O)N(C)CCC#N)c2c1C. The van der Waals surface area contributed by atoms with Crippen molar-refractivity contribution < 1.29 is 4.79 Å². The first-order valence-electron chi connectivity index (χ1n) is 6.95. The van der Waals surface area contributed by atoms with Gasteiger partial charge >= 0.3 is 0 Å². The molecule has 0 aliphatic heterocycles. The Kier molecular flexibility index (Phi) is 5.37. The lowest BCUT2D eigenvalue weighted by Crippen LogP contribution is -2.33. The van der Waals surface area contributed by atoms with Gasteiger partial charge in [-0.05, 0) is 26.3 Å². The van der Waals surface area contributed by atoms with E-state index < -0.39 is 0 Å². The number of rotatable bonds is 5. The van der Waals surface area contributed by atoms with Crippen LogP contribution in [0.2, 0.25) is 0 Å². The molecule has 0 N–H and O–H groups in total. The fourth-order valence-corrected chi connectivity index (χ4v) is 4.25. The number of aromatic nitrogens is 2. The maximum Gasteiger partial charge on any atom is 0.235 e. The number of carbonyl (C=O) groups excluding carboxylic acids is 1. The van der Waals surface area contributed by atoms with Gasteiger partial charge in [-0.15, -0.1) is 11.3 Å². The zero-order valence-electron chi connectivity index (χ0n) is 13.1. The van der Waals surface area contributed by atoms with Crippen molar-refractivity contribution in [2.24, 2.45) is 0 Å². The maximum absolute atomic E-state index is 12.3. The van der Waals surface area contributed by atoms with Gasteiger partial charge in [-0.1, -0.05) is 11.8 Å². The molecule has 0 aliphatic rings. The first kappa shape index (κ1) is 16.7. The van der Waals surface area contributed by atoms with Crippen LogP contribution in [0.3, 0.4) is 0 Å². The summed E-state index contributed by atoms with van der Waals surface area (Å²) in [4.78, 5) is 24.8. The molecule has 0 unspecified atom stereocenters. The number of nitrogens with zero attached hydrogens (tertiary/aromatic N) is 4. The molecule has 116 valence electrons. The van der Waals surface area contributed by atoms with Crippen molar-refractivity contribution in [3.8, 4) is 6.07 Å². The van der Waals surface area contributed by atoms with E-state index in [1.54, 1.807) is 29.6 Å². The molecule has 0 radical (unpaired) electrons. The summed E-state index contributed by atoms with van der Waals surface area (Å²) >= 11 is 3.10. The molecule has 5 nitrogen and oxygen atoms in total. The van der Waals surface area contributed by atoms with Crippen molar-refractivity contribution in [3.63, 3.8) is 0 Å². The third-order valence-electron chi connectivity index (χ3n) is 3.50. The molecule has 1 amide bonds. The third kappa shape index (κ3) is 3.39. The Labute approximate surface area is 138 Å². The minimum atomic E-state index is -0.249. The van der Waals surface area contributed by atoms with Crippen LogP contribution in [-0.4, -0.2) is 39.6 Å². The molecule has 0 bridgehead atoms. The van der Waals surface area contributed by atoms with E-state index in [0.717, 1.165) is 15.2 Å². The van der Waals surface area contributed by atoms with Gasteiger partial charge in [-0.3, -0.25) is 4.79 Å². The van der Waals surface area contributed by atoms with Crippen molar-refractivity contribution in [1.82, 2.24) is 14.9 Å². The van der Waals surface area contributed by atoms with Gasteiger partial charge in [0.1, 0.15) is 16.2 Å². The molecule has 2 rings (SSSR count). The largest absolute Gasteiger partial charge is 0.344 e. The van der Waals surface area contributed by atoms with Gasteiger partial charge in [0, 0.05) is 23.9 Å². The van der Waals surface area contributed by atoms with E-state index in [0.29, 0.717) is 13.0 Å². The lowest BCUT2D eigenvalue weighted by Gasteiger charge is -2.19. The van der Waals surface area contributed by atoms with Gasteiger partial charge in [0.2, 0.25) is 5.91 Å². The fourth-order valence-electron chi connectivity index (χ4n) is 2.10. The highest BCUT2D eigenvalue weighted by atomic mass is 32.2. The fraction of sp³-hybridized carbons (Fsp3) is 0.467. The molecule has 22 heavy (non-hydrogen) atoms. The lowest BCUT2D eigenvalue weighted by molar-refractivity contribution is -0.128. The molecule has 1 atom stereocenters. The van der Waals surface area contributed by atoms with Crippen LogP contribution in [0.1, 0.15) is 23.8 Å². The molecule has 0 spiro atoms. The van der Waals surface area contributed by atoms with Gasteiger partial charge in [0.25, 0.3) is 0 Å². The highest BCUT2D eigenvalue weighted by Gasteiger charge is 2.21. The zero-order chi connectivity index (χ0) is 16.3. The van der Waals surface area contributed by atoms with Crippen LogP contribution >= 0.6 is 23.1 Å². The second-order valence-electron chi connectivity index (χ2n) is 5.07. The van der Waals surface area contributed by atoms with Gasteiger partial charge in [-0.2, -0.15) is 5.26 Å². The van der Waals surface area contributed by atoms with Crippen LogP contribution in [0.4, 0.5) is 0 Å². The van der Waals surface area contributed by atoms with Crippen LogP contribution in [-0.2, 0) is 4.79 Å². The average Bonchev–Trinajstić information content (AvgIpc) is 2.79. The summed E-state index contributed by atoms with van der Waals surface area (Å²) in [7, 11) is 1.73. The minimum absolute atomic E-state index is 0.0108. The van der Waals surface area contributed by atoms with E-state index in [2.05, 4.69) is 29.9 Å². The van der Waals surface area contributed by atoms with Crippen molar-refractivity contribution in [2.45, 2.75) is 37.5 Å². The Balaban J connectivity index is 2.20. The Bertz CT molecular complexity index is 735. The molecule has 0 saturated heterocycles. The summed E-state index contributed by atoms with van der Waals surface area (Å²) in [6.45, 7) is 6.46. The van der Waals surface area contributed by atoms with Crippen molar-refractivity contribution in [2.75, 3.05) is 13.6 Å². The van der Waals surface area contributed by atoms with Crippen molar-refractivity contribution in [3.05, 3.63) is 16.8 Å². The third-order valence-corrected chi connectivity index (χ3v) is 5.71. The summed E-state index contributed by atoms with van der Waals surface area (Å²) < 4.78 is 0. The highest BCUT2D eigenvalue weighted by Crippen LogP contribution is 2.36. The normalized spacial score (nSPS) is 12.1. The van der Waals surface area contributed by atoms with Crippen LogP contribution < -0.4 is 0 Å². The quantitative estimate of drug-likeness (QED) is 0.620. The molecule has 2 heterocycles.